The van der Waals surface area contributed by atoms with Gasteiger partial charge in [-0.25, -0.2) is 13.8 Å². The van der Waals surface area contributed by atoms with Gasteiger partial charge in [-0.15, -0.1) is 0 Å². The SMILES string of the molecule is CN(Cc1ncc[nH]1)C(=O)C(F)(F)C(F)F. The minimum Gasteiger partial charge on any atom is -0.347 e. The van der Waals surface area contributed by atoms with E-state index in [-0.39, 0.29) is 12.4 Å². The van der Waals surface area contributed by atoms with Gasteiger partial charge in [-0.1, -0.05) is 0 Å². The van der Waals surface area contributed by atoms with Crippen molar-refractivity contribution in [3.63, 3.8) is 0 Å². The zero-order chi connectivity index (χ0) is 12.3. The Morgan fingerprint density at radius 1 is 1.62 bits per heavy atom. The summed E-state index contributed by atoms with van der Waals surface area (Å²) >= 11 is 0. The summed E-state index contributed by atoms with van der Waals surface area (Å²) in [5, 5.41) is 0. The van der Waals surface area contributed by atoms with Crippen LogP contribution in [0.5, 0.6) is 0 Å². The molecule has 0 radical (unpaired) electrons. The van der Waals surface area contributed by atoms with Crippen molar-refractivity contribution in [3.8, 4) is 0 Å². The summed E-state index contributed by atoms with van der Waals surface area (Å²) in [6.45, 7) is -0.284. The first kappa shape index (κ1) is 12.5. The predicted octanol–water partition coefficient (Wildman–Crippen LogP) is 1.27. The fourth-order valence-electron chi connectivity index (χ4n) is 1.03. The highest BCUT2D eigenvalue weighted by molar-refractivity contribution is 5.83. The quantitative estimate of drug-likeness (QED) is 0.804. The minimum absolute atomic E-state index is 0.237. The molecular weight excluding hydrogens is 230 g/mol. The molecule has 8 heteroatoms. The number of halogens is 4. The third kappa shape index (κ3) is 2.50. The van der Waals surface area contributed by atoms with Crippen LogP contribution in [0.4, 0.5) is 17.6 Å². The first-order chi connectivity index (χ1) is 7.35. The molecule has 1 N–H and O–H groups in total. The Morgan fingerprint density at radius 3 is 2.69 bits per heavy atom. The number of nitrogens with zero attached hydrogens (tertiary/aromatic N) is 2. The van der Waals surface area contributed by atoms with Crippen LogP contribution in [-0.4, -0.2) is 40.2 Å². The van der Waals surface area contributed by atoms with E-state index in [1.54, 1.807) is 0 Å². The first-order valence-corrected chi connectivity index (χ1v) is 4.25. The normalized spacial score (nSPS) is 11.9. The number of aromatic nitrogens is 2. The Labute approximate surface area is 88.3 Å². The van der Waals surface area contributed by atoms with Crippen molar-refractivity contribution in [1.82, 2.24) is 14.9 Å². The van der Waals surface area contributed by atoms with Crippen molar-refractivity contribution in [3.05, 3.63) is 18.2 Å². The number of hydrogen-bond acceptors (Lipinski definition) is 2. The highest BCUT2D eigenvalue weighted by atomic mass is 19.3. The molecule has 0 atom stereocenters. The van der Waals surface area contributed by atoms with Gasteiger partial charge in [-0.05, 0) is 0 Å². The van der Waals surface area contributed by atoms with Crippen LogP contribution in [-0.2, 0) is 11.3 Å². The van der Waals surface area contributed by atoms with E-state index in [1.165, 1.54) is 12.4 Å². The fraction of sp³-hybridized carbons (Fsp3) is 0.500. The standard InChI is InChI=1S/C8H9F4N3O/c1-15(4-5-13-2-3-14-5)7(16)8(11,12)6(9)10/h2-3,6H,4H2,1H3,(H,13,14). The Balaban J connectivity index is 2.68. The molecule has 0 saturated carbocycles. The number of amides is 1. The lowest BCUT2D eigenvalue weighted by Gasteiger charge is -2.21. The van der Waals surface area contributed by atoms with E-state index >= 15 is 0 Å². The Kier molecular flexibility index (Phi) is 3.51. The van der Waals surface area contributed by atoms with E-state index in [0.717, 1.165) is 7.05 Å². The third-order valence-electron chi connectivity index (χ3n) is 1.85. The summed E-state index contributed by atoms with van der Waals surface area (Å²) in [4.78, 5) is 17.7. The van der Waals surface area contributed by atoms with Crippen LogP contribution in [0.3, 0.4) is 0 Å². The number of hydrogen-bond donors (Lipinski definition) is 1. The number of nitrogens with one attached hydrogen (secondary N) is 1. The van der Waals surface area contributed by atoms with Gasteiger partial charge < -0.3 is 9.88 Å². The predicted molar refractivity (Wildman–Crippen MR) is 46.0 cm³/mol. The van der Waals surface area contributed by atoms with Crippen LogP contribution in [0, 0.1) is 0 Å². The molecule has 0 aliphatic rings. The van der Waals surface area contributed by atoms with E-state index in [2.05, 4.69) is 9.97 Å². The number of carbonyl (C=O) groups excluding carboxylic acids is 1. The third-order valence-corrected chi connectivity index (χ3v) is 1.85. The van der Waals surface area contributed by atoms with E-state index in [9.17, 15) is 22.4 Å². The van der Waals surface area contributed by atoms with Crippen LogP contribution < -0.4 is 0 Å². The zero-order valence-electron chi connectivity index (χ0n) is 8.25. The lowest BCUT2D eigenvalue weighted by Crippen LogP contribution is -2.45. The van der Waals surface area contributed by atoms with Gasteiger partial charge in [0.1, 0.15) is 5.82 Å². The van der Waals surface area contributed by atoms with Crippen molar-refractivity contribution in [2.45, 2.75) is 18.9 Å². The monoisotopic (exact) mass is 239 g/mol. The zero-order valence-corrected chi connectivity index (χ0v) is 8.25. The molecule has 0 aliphatic heterocycles. The molecule has 0 spiro atoms. The topological polar surface area (TPSA) is 49.0 Å². The maximum absolute atomic E-state index is 12.6. The largest absolute Gasteiger partial charge is 0.383 e. The second-order valence-electron chi connectivity index (χ2n) is 3.12. The number of aromatic amines is 1. The van der Waals surface area contributed by atoms with E-state index in [1.807, 2.05) is 0 Å². The van der Waals surface area contributed by atoms with Crippen molar-refractivity contribution >= 4 is 5.91 Å². The van der Waals surface area contributed by atoms with Gasteiger partial charge in [-0.2, -0.15) is 8.78 Å². The molecule has 4 nitrogen and oxygen atoms in total. The summed E-state index contributed by atoms with van der Waals surface area (Å²) < 4.78 is 49.1. The molecule has 0 unspecified atom stereocenters. The second kappa shape index (κ2) is 4.50. The van der Waals surface area contributed by atoms with Crippen LogP contribution in [0.2, 0.25) is 0 Å². The van der Waals surface area contributed by atoms with E-state index < -0.39 is 18.3 Å². The Hall–Kier alpha value is -1.60. The summed E-state index contributed by atoms with van der Waals surface area (Å²) in [7, 11) is 1.00. The molecule has 0 aliphatic carbocycles. The van der Waals surface area contributed by atoms with Crippen molar-refractivity contribution in [1.29, 1.82) is 0 Å². The molecule has 0 saturated heterocycles. The molecule has 0 aromatic carbocycles. The summed E-state index contributed by atoms with van der Waals surface area (Å²) in [5.41, 5.74) is 0. The van der Waals surface area contributed by atoms with Gasteiger partial charge in [0.2, 0.25) is 0 Å². The van der Waals surface area contributed by atoms with Crippen molar-refractivity contribution in [2.75, 3.05) is 7.05 Å². The smallest absolute Gasteiger partial charge is 0.347 e. The molecule has 1 aromatic heterocycles. The Morgan fingerprint density at radius 2 is 2.25 bits per heavy atom. The van der Waals surface area contributed by atoms with E-state index in [4.69, 9.17) is 0 Å². The first-order valence-electron chi connectivity index (χ1n) is 4.25. The second-order valence-corrected chi connectivity index (χ2v) is 3.12. The average Bonchev–Trinajstić information content (AvgIpc) is 2.68. The van der Waals surface area contributed by atoms with Gasteiger partial charge in [-0.3, -0.25) is 4.79 Å². The van der Waals surface area contributed by atoms with Gasteiger partial charge >= 0.3 is 12.3 Å². The minimum atomic E-state index is -4.67. The molecule has 1 amide bonds. The molecule has 0 bridgehead atoms. The summed E-state index contributed by atoms with van der Waals surface area (Å²) in [5.74, 6) is -6.36. The van der Waals surface area contributed by atoms with Gasteiger partial charge in [0, 0.05) is 19.4 Å². The molecule has 90 valence electrons. The van der Waals surface area contributed by atoms with Gasteiger partial charge in [0.05, 0.1) is 6.54 Å². The maximum atomic E-state index is 12.6. The van der Waals surface area contributed by atoms with Crippen LogP contribution in [0.25, 0.3) is 0 Å². The lowest BCUT2D eigenvalue weighted by molar-refractivity contribution is -0.179. The highest BCUT2D eigenvalue weighted by Gasteiger charge is 2.50. The molecule has 0 fully saturated rings. The van der Waals surface area contributed by atoms with Gasteiger partial charge in [0.25, 0.3) is 5.91 Å². The maximum Gasteiger partial charge on any atom is 0.383 e. The average molecular weight is 239 g/mol. The number of alkyl halides is 4. The van der Waals surface area contributed by atoms with Gasteiger partial charge in [0.15, 0.2) is 0 Å². The summed E-state index contributed by atoms with van der Waals surface area (Å²) in [6, 6.07) is 0. The fourth-order valence-corrected chi connectivity index (χ4v) is 1.03. The summed E-state index contributed by atoms with van der Waals surface area (Å²) in [6.07, 6.45) is -1.23. The molecule has 1 rings (SSSR count). The van der Waals surface area contributed by atoms with Crippen molar-refractivity contribution < 1.29 is 22.4 Å². The highest BCUT2D eigenvalue weighted by Crippen LogP contribution is 2.25. The molecule has 1 aromatic rings. The molecule has 1 heterocycles. The number of rotatable bonds is 4. The molecular formula is C8H9F4N3O. The van der Waals surface area contributed by atoms with Crippen molar-refractivity contribution in [2.24, 2.45) is 0 Å². The lowest BCUT2D eigenvalue weighted by atomic mass is 10.3. The number of imidazole rings is 1. The number of H-pyrrole nitrogens is 1. The van der Waals surface area contributed by atoms with E-state index in [0.29, 0.717) is 4.90 Å². The van der Waals surface area contributed by atoms with Crippen LogP contribution >= 0.6 is 0 Å². The Bertz CT molecular complexity index is 352. The van der Waals surface area contributed by atoms with Crippen LogP contribution in [0.1, 0.15) is 5.82 Å². The molecule has 16 heavy (non-hydrogen) atoms. The number of carbonyl (C=O) groups is 1. The van der Waals surface area contributed by atoms with Crippen LogP contribution in [0.15, 0.2) is 12.4 Å².